The van der Waals surface area contributed by atoms with Crippen LogP contribution in [0.3, 0.4) is 0 Å². The first kappa shape index (κ1) is 32.7. The molecule has 0 saturated heterocycles. The summed E-state index contributed by atoms with van der Waals surface area (Å²) in [7, 11) is 0. The molecule has 2 aromatic carbocycles. The predicted molar refractivity (Wildman–Crippen MR) is 151 cm³/mol. The molecular weight excluding hydrogens is 534 g/mol. The van der Waals surface area contributed by atoms with Crippen LogP contribution in [0.1, 0.15) is 66.5 Å². The van der Waals surface area contributed by atoms with E-state index in [1.807, 2.05) is 0 Å². The van der Waals surface area contributed by atoms with E-state index in [9.17, 15) is 0 Å². The van der Waals surface area contributed by atoms with E-state index < -0.39 is 0 Å². The van der Waals surface area contributed by atoms with Crippen molar-refractivity contribution in [2.75, 3.05) is 0 Å². The van der Waals surface area contributed by atoms with Gasteiger partial charge in [-0.15, -0.1) is 38.7 Å². The Morgan fingerprint density at radius 3 is 1.06 bits per heavy atom. The van der Waals surface area contributed by atoms with Crippen molar-refractivity contribution in [3.05, 3.63) is 117 Å². The Morgan fingerprint density at radius 1 is 0.588 bits per heavy atom. The molecule has 0 saturated carbocycles. The third-order valence-electron chi connectivity index (χ3n) is 6.60. The third-order valence-corrected chi connectivity index (χ3v) is 8.02. The summed E-state index contributed by atoms with van der Waals surface area (Å²) >= 11 is 1.46. The summed E-state index contributed by atoms with van der Waals surface area (Å²) < 4.78 is 1.42. The van der Waals surface area contributed by atoms with Crippen LogP contribution in [0, 0.1) is 24.0 Å². The molecule has 34 heavy (non-hydrogen) atoms. The van der Waals surface area contributed by atoms with Crippen LogP contribution in [0.2, 0.25) is 0 Å². The van der Waals surface area contributed by atoms with E-state index in [-0.39, 0.29) is 24.8 Å². The van der Waals surface area contributed by atoms with Crippen LogP contribution < -0.4 is 0 Å². The fourth-order valence-electron chi connectivity index (χ4n) is 3.70. The summed E-state index contributed by atoms with van der Waals surface area (Å²) in [6, 6.07) is 21.1. The molecule has 0 spiro atoms. The van der Waals surface area contributed by atoms with E-state index in [1.165, 1.54) is 72.0 Å². The van der Waals surface area contributed by atoms with Crippen LogP contribution in [0.5, 0.6) is 0 Å². The molecule has 0 aromatic heterocycles. The van der Waals surface area contributed by atoms with Crippen molar-refractivity contribution in [3.8, 4) is 0 Å². The zero-order valence-electron chi connectivity index (χ0n) is 21.7. The Labute approximate surface area is 235 Å². The van der Waals surface area contributed by atoms with Gasteiger partial charge in [0.1, 0.15) is 0 Å². The second-order valence-corrected chi connectivity index (χ2v) is 9.93. The number of rotatable bonds is 2. The molecule has 0 N–H and O–H groups in total. The van der Waals surface area contributed by atoms with E-state index in [4.69, 9.17) is 0 Å². The molecule has 0 fully saturated rings. The SMILES string of the molecule is CC1=[C-]C(C)C(C)=C1C.CC1=[C-]C(C)C(C)=C1C.Cl.Cl.[Zr+2]=[C](c1ccccc1)c1ccccc1. The van der Waals surface area contributed by atoms with Crippen molar-refractivity contribution < 1.29 is 24.2 Å². The molecular formula is C31H38Cl2Zr. The van der Waals surface area contributed by atoms with Crippen LogP contribution in [-0.4, -0.2) is 3.21 Å². The van der Waals surface area contributed by atoms with Crippen molar-refractivity contribution in [2.45, 2.75) is 55.4 Å². The normalized spacial score (nSPS) is 18.4. The van der Waals surface area contributed by atoms with Gasteiger partial charge in [-0.3, -0.25) is 12.2 Å². The molecule has 0 heterocycles. The van der Waals surface area contributed by atoms with Gasteiger partial charge in [-0.05, 0) is 0 Å². The summed E-state index contributed by atoms with van der Waals surface area (Å²) in [5.74, 6) is 1.12. The molecule has 2 atom stereocenters. The molecule has 2 aliphatic carbocycles. The first-order valence-electron chi connectivity index (χ1n) is 11.4. The fraction of sp³-hybridized carbons (Fsp3) is 0.323. The van der Waals surface area contributed by atoms with E-state index in [2.05, 4.69) is 128 Å². The predicted octanol–water partition coefficient (Wildman–Crippen LogP) is 9.09. The molecule has 2 aliphatic rings. The summed E-state index contributed by atoms with van der Waals surface area (Å²) in [5.41, 5.74) is 11.2. The average molecular weight is 573 g/mol. The van der Waals surface area contributed by atoms with Gasteiger partial charge < -0.3 is 0 Å². The first-order chi connectivity index (χ1) is 15.1. The Kier molecular flexibility index (Phi) is 15.1. The van der Waals surface area contributed by atoms with Gasteiger partial charge in [0, 0.05) is 0 Å². The zero-order chi connectivity index (χ0) is 23.8. The molecule has 4 rings (SSSR count). The van der Waals surface area contributed by atoms with Gasteiger partial charge >= 0.3 is 99.2 Å². The van der Waals surface area contributed by atoms with Crippen LogP contribution in [0.15, 0.2) is 94.1 Å². The summed E-state index contributed by atoms with van der Waals surface area (Å²) in [4.78, 5) is 0. The van der Waals surface area contributed by atoms with Gasteiger partial charge in [-0.1, -0.05) is 53.4 Å². The second-order valence-electron chi connectivity index (χ2n) is 8.71. The van der Waals surface area contributed by atoms with Gasteiger partial charge in [0.15, 0.2) is 0 Å². The number of allylic oxidation sites excluding steroid dienone is 8. The Balaban J connectivity index is 0.000000485. The Morgan fingerprint density at radius 2 is 0.882 bits per heavy atom. The second kappa shape index (κ2) is 15.7. The summed E-state index contributed by atoms with van der Waals surface area (Å²) in [6.07, 6.45) is 6.72. The molecule has 0 aliphatic heterocycles. The van der Waals surface area contributed by atoms with E-state index in [0.717, 1.165) is 0 Å². The van der Waals surface area contributed by atoms with E-state index >= 15 is 0 Å². The molecule has 2 unspecified atom stereocenters. The maximum atomic E-state index is 3.36. The molecule has 180 valence electrons. The fourth-order valence-corrected chi connectivity index (χ4v) is 4.52. The molecule has 0 radical (unpaired) electrons. The van der Waals surface area contributed by atoms with Gasteiger partial charge in [0.25, 0.3) is 0 Å². The first-order valence-corrected chi connectivity index (χ1v) is 12.6. The quantitative estimate of drug-likeness (QED) is 0.315. The Hall–Kier alpha value is -1.27. The number of hydrogen-bond acceptors (Lipinski definition) is 0. The summed E-state index contributed by atoms with van der Waals surface area (Å²) in [6.45, 7) is 17.3. The number of benzene rings is 2. The number of hydrogen-bond donors (Lipinski definition) is 0. The van der Waals surface area contributed by atoms with Gasteiger partial charge in [0.05, 0.1) is 0 Å². The maximum absolute atomic E-state index is 3.36. The van der Waals surface area contributed by atoms with Crippen molar-refractivity contribution >= 4 is 28.0 Å². The zero-order valence-corrected chi connectivity index (χ0v) is 25.8. The van der Waals surface area contributed by atoms with E-state index in [1.54, 1.807) is 0 Å². The van der Waals surface area contributed by atoms with Gasteiger partial charge in [0.2, 0.25) is 0 Å². The standard InChI is InChI=1S/C13H10.2C9H13.2ClH.Zr/c1-3-7-12(8-4-1)11-13-9-5-2-6-10-13;2*1-6-5-7(2)9(4)8(6)3;;;/h1-10H;2*6H,1-4H3;2*1H;/q;2*-1;;;+2. The molecule has 3 heteroatoms. The Bertz CT molecular complexity index is 972. The van der Waals surface area contributed by atoms with Crippen molar-refractivity contribution in [2.24, 2.45) is 11.8 Å². The minimum atomic E-state index is 0. The molecule has 0 nitrogen and oxygen atoms in total. The van der Waals surface area contributed by atoms with Crippen molar-refractivity contribution in [3.63, 3.8) is 0 Å². The third kappa shape index (κ3) is 9.07. The van der Waals surface area contributed by atoms with Crippen LogP contribution >= 0.6 is 24.8 Å². The van der Waals surface area contributed by atoms with Crippen molar-refractivity contribution in [1.82, 2.24) is 0 Å². The molecule has 0 amide bonds. The number of halogens is 2. The van der Waals surface area contributed by atoms with Crippen molar-refractivity contribution in [1.29, 1.82) is 0 Å². The van der Waals surface area contributed by atoms with Gasteiger partial charge in [-0.25, -0.2) is 11.1 Å². The van der Waals surface area contributed by atoms with E-state index in [0.29, 0.717) is 11.8 Å². The average Bonchev–Trinajstić information content (AvgIpc) is 3.17. The van der Waals surface area contributed by atoms with Crippen LogP contribution in [-0.2, 0) is 24.2 Å². The monoisotopic (exact) mass is 570 g/mol. The van der Waals surface area contributed by atoms with Crippen LogP contribution in [0.25, 0.3) is 0 Å². The summed E-state index contributed by atoms with van der Waals surface area (Å²) in [5, 5.41) is 0. The minimum absolute atomic E-state index is 0. The van der Waals surface area contributed by atoms with Gasteiger partial charge in [-0.2, -0.15) is 22.3 Å². The molecule has 2 aromatic rings. The molecule has 0 bridgehead atoms. The van der Waals surface area contributed by atoms with Crippen LogP contribution in [0.4, 0.5) is 0 Å². The topological polar surface area (TPSA) is 0 Å².